The lowest BCUT2D eigenvalue weighted by atomic mass is 10.2. The molecule has 1 saturated heterocycles. The lowest BCUT2D eigenvalue weighted by molar-refractivity contribution is 0.0953. The Morgan fingerprint density at radius 1 is 1.35 bits per heavy atom. The highest BCUT2D eigenvalue weighted by molar-refractivity contribution is 7.14. The van der Waals surface area contributed by atoms with Crippen molar-refractivity contribution in [3.63, 3.8) is 0 Å². The number of aromatic nitrogens is 2. The molecule has 0 saturated carbocycles. The molecular weight excluding hydrogens is 328 g/mol. The third kappa shape index (κ3) is 3.72. The Morgan fingerprint density at radius 3 is 2.74 bits per heavy atom. The molecule has 2 aromatic rings. The summed E-state index contributed by atoms with van der Waals surface area (Å²) in [5.41, 5.74) is 1.74. The maximum absolute atomic E-state index is 12.4. The highest BCUT2D eigenvalue weighted by atomic mass is 32.1. The van der Waals surface area contributed by atoms with E-state index in [-0.39, 0.29) is 5.91 Å². The number of nitrogens with one attached hydrogen (secondary N) is 1. The number of hydrogen-bond donors (Lipinski definition) is 1. The van der Waals surface area contributed by atoms with E-state index in [0.29, 0.717) is 17.3 Å². The predicted molar refractivity (Wildman–Crippen MR) is 95.7 cm³/mol. The molecular formula is C16H22N4OS2. The Bertz CT molecular complexity index is 686. The summed E-state index contributed by atoms with van der Waals surface area (Å²) in [7, 11) is 0. The Labute approximate surface area is 144 Å². The zero-order valence-electron chi connectivity index (χ0n) is 13.8. The Balaban J connectivity index is 1.60. The van der Waals surface area contributed by atoms with Crippen molar-refractivity contribution in [1.82, 2.24) is 15.3 Å². The van der Waals surface area contributed by atoms with Crippen LogP contribution in [0.2, 0.25) is 0 Å². The minimum atomic E-state index is -0.0531. The van der Waals surface area contributed by atoms with Crippen LogP contribution in [0, 0.1) is 6.92 Å². The van der Waals surface area contributed by atoms with Crippen molar-refractivity contribution in [2.24, 2.45) is 0 Å². The molecule has 23 heavy (non-hydrogen) atoms. The molecule has 1 fully saturated rings. The van der Waals surface area contributed by atoms with Crippen molar-refractivity contribution in [3.8, 4) is 0 Å². The van der Waals surface area contributed by atoms with Crippen LogP contribution in [0.4, 0.5) is 5.13 Å². The van der Waals surface area contributed by atoms with Crippen molar-refractivity contribution in [2.75, 3.05) is 18.0 Å². The van der Waals surface area contributed by atoms with Crippen LogP contribution in [0.15, 0.2) is 5.38 Å². The average molecular weight is 351 g/mol. The van der Waals surface area contributed by atoms with Gasteiger partial charge in [0.15, 0.2) is 5.13 Å². The molecule has 1 N–H and O–H groups in total. The Hall–Kier alpha value is -1.47. The fourth-order valence-corrected chi connectivity index (χ4v) is 4.42. The molecule has 0 bridgehead atoms. The predicted octanol–water partition coefficient (Wildman–Crippen LogP) is 3.56. The maximum Gasteiger partial charge on any atom is 0.263 e. The van der Waals surface area contributed by atoms with Gasteiger partial charge >= 0.3 is 0 Å². The van der Waals surface area contributed by atoms with E-state index >= 15 is 0 Å². The van der Waals surface area contributed by atoms with Gasteiger partial charge in [-0.1, -0.05) is 13.8 Å². The smallest absolute Gasteiger partial charge is 0.263 e. The molecule has 0 unspecified atom stereocenters. The summed E-state index contributed by atoms with van der Waals surface area (Å²) in [6, 6.07) is 0. The number of rotatable bonds is 5. The van der Waals surface area contributed by atoms with E-state index in [9.17, 15) is 4.79 Å². The maximum atomic E-state index is 12.4. The third-order valence-electron chi connectivity index (χ3n) is 3.86. The minimum absolute atomic E-state index is 0.0531. The number of nitrogens with zero attached hydrogens (tertiary/aromatic N) is 3. The van der Waals surface area contributed by atoms with Crippen molar-refractivity contribution in [3.05, 3.63) is 26.7 Å². The standard InChI is InChI=1S/C16H22N4OS2/c1-10(2)15-18-11(3)13(23-15)14(21)17-8-12-9-22-16(19-12)20-6-4-5-7-20/h9-10H,4-8H2,1-3H3,(H,17,21). The summed E-state index contributed by atoms with van der Waals surface area (Å²) < 4.78 is 0. The molecule has 0 spiro atoms. The van der Waals surface area contributed by atoms with Crippen molar-refractivity contribution >= 4 is 33.7 Å². The van der Waals surface area contributed by atoms with Crippen LogP contribution < -0.4 is 10.2 Å². The number of amides is 1. The molecule has 1 amide bonds. The number of hydrogen-bond acceptors (Lipinski definition) is 6. The SMILES string of the molecule is Cc1nc(C(C)C)sc1C(=O)NCc1csc(N2CCCC2)n1. The molecule has 1 aliphatic rings. The van der Waals surface area contributed by atoms with E-state index in [2.05, 4.69) is 34.0 Å². The van der Waals surface area contributed by atoms with Crippen LogP contribution in [0.3, 0.4) is 0 Å². The van der Waals surface area contributed by atoms with E-state index in [1.54, 1.807) is 11.3 Å². The van der Waals surface area contributed by atoms with Crippen LogP contribution in [0.25, 0.3) is 0 Å². The van der Waals surface area contributed by atoms with E-state index < -0.39 is 0 Å². The molecule has 5 nitrogen and oxygen atoms in total. The van der Waals surface area contributed by atoms with Gasteiger partial charge < -0.3 is 10.2 Å². The second-order valence-corrected chi connectivity index (χ2v) is 7.99. The molecule has 0 aromatic carbocycles. The summed E-state index contributed by atoms with van der Waals surface area (Å²) >= 11 is 3.15. The number of thiazole rings is 2. The fourth-order valence-electron chi connectivity index (χ4n) is 2.56. The summed E-state index contributed by atoms with van der Waals surface area (Å²) in [5, 5.41) is 7.09. The first-order valence-electron chi connectivity index (χ1n) is 7.99. The molecule has 3 rings (SSSR count). The van der Waals surface area contributed by atoms with Gasteiger partial charge in [-0.2, -0.15) is 0 Å². The van der Waals surface area contributed by atoms with Gasteiger partial charge in [0.2, 0.25) is 0 Å². The van der Waals surface area contributed by atoms with Gasteiger partial charge in [-0.25, -0.2) is 9.97 Å². The molecule has 0 atom stereocenters. The van der Waals surface area contributed by atoms with Crippen LogP contribution in [-0.4, -0.2) is 29.0 Å². The van der Waals surface area contributed by atoms with Gasteiger partial charge in [-0.3, -0.25) is 4.79 Å². The minimum Gasteiger partial charge on any atom is -0.348 e. The normalized spacial score (nSPS) is 14.7. The summed E-state index contributed by atoms with van der Waals surface area (Å²) in [6.07, 6.45) is 2.49. The van der Waals surface area contributed by atoms with Crippen LogP contribution in [0.1, 0.15) is 58.7 Å². The Kier molecular flexibility index (Phi) is 4.96. The van der Waals surface area contributed by atoms with Crippen molar-refractivity contribution in [1.29, 1.82) is 0 Å². The van der Waals surface area contributed by atoms with Crippen LogP contribution in [-0.2, 0) is 6.54 Å². The molecule has 124 valence electrons. The quantitative estimate of drug-likeness (QED) is 0.896. The van der Waals surface area contributed by atoms with Gasteiger partial charge in [-0.05, 0) is 19.8 Å². The first-order chi connectivity index (χ1) is 11.0. The zero-order chi connectivity index (χ0) is 16.4. The number of aryl methyl sites for hydroxylation is 1. The first-order valence-corrected chi connectivity index (χ1v) is 9.69. The van der Waals surface area contributed by atoms with Gasteiger partial charge in [-0.15, -0.1) is 22.7 Å². The summed E-state index contributed by atoms with van der Waals surface area (Å²) in [4.78, 5) is 24.5. The Morgan fingerprint density at radius 2 is 2.09 bits per heavy atom. The van der Waals surface area contributed by atoms with E-state index in [4.69, 9.17) is 0 Å². The van der Waals surface area contributed by atoms with E-state index in [0.717, 1.165) is 34.6 Å². The fraction of sp³-hybridized carbons (Fsp3) is 0.562. The number of anilines is 1. The van der Waals surface area contributed by atoms with Crippen LogP contribution >= 0.6 is 22.7 Å². The molecule has 0 aliphatic carbocycles. The average Bonchev–Trinajstić information content (AvgIpc) is 3.24. The molecule has 1 aliphatic heterocycles. The highest BCUT2D eigenvalue weighted by Crippen LogP contribution is 2.26. The summed E-state index contributed by atoms with van der Waals surface area (Å²) in [6.45, 7) is 8.74. The van der Waals surface area contributed by atoms with Crippen LogP contribution in [0.5, 0.6) is 0 Å². The van der Waals surface area contributed by atoms with Crippen molar-refractivity contribution in [2.45, 2.75) is 46.1 Å². The lowest BCUT2D eigenvalue weighted by Crippen LogP contribution is -2.23. The molecule has 0 radical (unpaired) electrons. The lowest BCUT2D eigenvalue weighted by Gasteiger charge is -2.12. The second kappa shape index (κ2) is 6.97. The van der Waals surface area contributed by atoms with Gasteiger partial charge in [0.05, 0.1) is 22.9 Å². The monoisotopic (exact) mass is 350 g/mol. The zero-order valence-corrected chi connectivity index (χ0v) is 15.4. The molecule has 7 heteroatoms. The largest absolute Gasteiger partial charge is 0.348 e. The topological polar surface area (TPSA) is 58.1 Å². The van der Waals surface area contributed by atoms with Gasteiger partial charge in [0.25, 0.3) is 5.91 Å². The van der Waals surface area contributed by atoms with Crippen molar-refractivity contribution < 1.29 is 4.79 Å². The van der Waals surface area contributed by atoms with E-state index in [1.165, 1.54) is 24.2 Å². The first kappa shape index (κ1) is 16.4. The molecule has 3 heterocycles. The van der Waals surface area contributed by atoms with Gasteiger partial charge in [0, 0.05) is 24.4 Å². The van der Waals surface area contributed by atoms with Gasteiger partial charge in [0.1, 0.15) is 4.88 Å². The summed E-state index contributed by atoms with van der Waals surface area (Å²) in [5.74, 6) is 0.296. The number of carbonyl (C=O) groups is 1. The molecule has 2 aromatic heterocycles. The second-order valence-electron chi connectivity index (χ2n) is 6.12. The third-order valence-corrected chi connectivity index (χ3v) is 6.27. The van der Waals surface area contributed by atoms with E-state index in [1.807, 2.05) is 12.3 Å². The number of carbonyl (C=O) groups excluding carboxylic acids is 1. The highest BCUT2D eigenvalue weighted by Gasteiger charge is 2.18.